The van der Waals surface area contributed by atoms with Crippen molar-refractivity contribution in [3.05, 3.63) is 65.7 Å². The van der Waals surface area contributed by atoms with Crippen LogP contribution >= 0.6 is 0 Å². The third-order valence-corrected chi connectivity index (χ3v) is 9.30. The van der Waals surface area contributed by atoms with Crippen molar-refractivity contribution in [2.75, 3.05) is 39.3 Å². The average Bonchev–Trinajstić information content (AvgIpc) is 2.88. The van der Waals surface area contributed by atoms with Crippen LogP contribution in [0.25, 0.3) is 0 Å². The Morgan fingerprint density at radius 3 is 2.32 bits per heavy atom. The van der Waals surface area contributed by atoms with Gasteiger partial charge in [0.1, 0.15) is 0 Å². The molecule has 0 unspecified atom stereocenters. The third-order valence-electron chi connectivity index (χ3n) is 6.61. The SMILES string of the molecule is NCc1cccc(S(=O)(=O)N2C[C@H](C(=O)N3CCN([SH](=O)=O)CC3)C[C@@H](c3ccccc3)C2)c1. The van der Waals surface area contributed by atoms with E-state index >= 15 is 0 Å². The largest absolute Gasteiger partial charge is 0.340 e. The maximum Gasteiger partial charge on any atom is 0.243 e. The van der Waals surface area contributed by atoms with Crippen LogP contribution in [-0.2, 0) is 32.3 Å². The second kappa shape index (κ2) is 10.5. The lowest BCUT2D eigenvalue weighted by molar-refractivity contribution is -0.138. The van der Waals surface area contributed by atoms with Crippen LogP contribution in [0.4, 0.5) is 0 Å². The van der Waals surface area contributed by atoms with Gasteiger partial charge in [-0.2, -0.15) is 4.31 Å². The van der Waals surface area contributed by atoms with Crippen molar-refractivity contribution in [2.45, 2.75) is 23.8 Å². The van der Waals surface area contributed by atoms with E-state index in [1.165, 1.54) is 8.61 Å². The summed E-state index contributed by atoms with van der Waals surface area (Å²) in [6.45, 7) is 1.74. The molecule has 2 N–H and O–H groups in total. The first kappa shape index (κ1) is 24.8. The fraction of sp³-hybridized carbons (Fsp3) is 0.435. The molecule has 0 aliphatic carbocycles. The number of rotatable bonds is 6. The van der Waals surface area contributed by atoms with E-state index in [0.717, 1.165) is 11.1 Å². The zero-order chi connectivity index (χ0) is 24.3. The Morgan fingerprint density at radius 1 is 0.971 bits per heavy atom. The predicted molar refractivity (Wildman–Crippen MR) is 129 cm³/mol. The number of benzene rings is 2. The van der Waals surface area contributed by atoms with E-state index in [1.807, 2.05) is 30.3 Å². The molecule has 0 radical (unpaired) electrons. The minimum Gasteiger partial charge on any atom is -0.340 e. The molecule has 4 rings (SSSR count). The Kier molecular flexibility index (Phi) is 7.68. The van der Waals surface area contributed by atoms with Gasteiger partial charge in [0, 0.05) is 45.8 Å². The van der Waals surface area contributed by atoms with Crippen LogP contribution in [0.15, 0.2) is 59.5 Å². The number of thiol groups is 1. The quantitative estimate of drug-likeness (QED) is 0.554. The summed E-state index contributed by atoms with van der Waals surface area (Å²) < 4.78 is 52.4. The van der Waals surface area contributed by atoms with Crippen LogP contribution in [0.2, 0.25) is 0 Å². The Balaban J connectivity index is 1.60. The lowest BCUT2D eigenvalue weighted by atomic mass is 9.85. The standard InChI is InChI=1S/C23H30N4O5S2/c24-15-18-5-4-8-22(13-18)34(31,32)27-16-20(19-6-2-1-3-7-19)14-21(17-27)23(28)25-9-11-26(12-10-25)33(29)30/h1-8,13,20-21,33H,9-12,14-17,24H2/t20-,21-/m1/s1. The number of carbonyl (C=O) groups excluding carboxylic acids is 1. The van der Waals surface area contributed by atoms with E-state index in [9.17, 15) is 21.6 Å². The maximum atomic E-state index is 13.6. The van der Waals surface area contributed by atoms with Crippen molar-refractivity contribution in [3.63, 3.8) is 0 Å². The highest BCUT2D eigenvalue weighted by Crippen LogP contribution is 2.34. The van der Waals surface area contributed by atoms with E-state index in [-0.39, 0.29) is 49.4 Å². The number of carbonyl (C=O) groups is 1. The summed E-state index contributed by atoms with van der Waals surface area (Å²) in [6.07, 6.45) is 0.535. The molecule has 11 heteroatoms. The van der Waals surface area contributed by atoms with E-state index in [2.05, 4.69) is 0 Å². The first-order valence-corrected chi connectivity index (χ1v) is 13.9. The van der Waals surface area contributed by atoms with Crippen LogP contribution < -0.4 is 5.73 Å². The number of nitrogens with zero attached hydrogens (tertiary/aromatic N) is 3. The molecule has 2 saturated heterocycles. The van der Waals surface area contributed by atoms with Crippen molar-refractivity contribution < 1.29 is 21.6 Å². The highest BCUT2D eigenvalue weighted by Gasteiger charge is 2.40. The first-order chi connectivity index (χ1) is 16.3. The monoisotopic (exact) mass is 506 g/mol. The molecule has 0 bridgehead atoms. The number of piperidine rings is 1. The van der Waals surface area contributed by atoms with Crippen LogP contribution in [0.5, 0.6) is 0 Å². The molecular weight excluding hydrogens is 476 g/mol. The molecule has 1 amide bonds. The zero-order valence-electron chi connectivity index (χ0n) is 18.8. The number of nitrogens with two attached hydrogens (primary N) is 1. The van der Waals surface area contributed by atoms with Gasteiger partial charge in [0.15, 0.2) is 0 Å². The normalized spacial score (nSPS) is 22.7. The third kappa shape index (κ3) is 5.33. The molecule has 34 heavy (non-hydrogen) atoms. The van der Waals surface area contributed by atoms with Crippen molar-refractivity contribution in [2.24, 2.45) is 11.7 Å². The molecule has 0 spiro atoms. The number of amides is 1. The Morgan fingerprint density at radius 2 is 1.68 bits per heavy atom. The predicted octanol–water partition coefficient (Wildman–Crippen LogP) is 0.610. The van der Waals surface area contributed by atoms with Gasteiger partial charge in [0.05, 0.1) is 10.8 Å². The van der Waals surface area contributed by atoms with E-state index in [1.54, 1.807) is 29.2 Å². The summed E-state index contributed by atoms with van der Waals surface area (Å²) in [5.74, 6) is -0.773. The van der Waals surface area contributed by atoms with Crippen molar-refractivity contribution >= 4 is 26.8 Å². The Labute approximate surface area is 202 Å². The minimum atomic E-state index is -3.83. The van der Waals surface area contributed by atoms with Crippen LogP contribution in [0, 0.1) is 5.92 Å². The zero-order valence-corrected chi connectivity index (χ0v) is 20.5. The van der Waals surface area contributed by atoms with Crippen molar-refractivity contribution in [1.29, 1.82) is 0 Å². The van der Waals surface area contributed by atoms with Gasteiger partial charge >= 0.3 is 0 Å². The van der Waals surface area contributed by atoms with Crippen molar-refractivity contribution in [1.82, 2.24) is 13.5 Å². The van der Waals surface area contributed by atoms with Gasteiger partial charge in [-0.25, -0.2) is 21.1 Å². The molecule has 9 nitrogen and oxygen atoms in total. The molecular formula is C23H30N4O5S2. The summed E-state index contributed by atoms with van der Waals surface area (Å²) in [5.41, 5.74) is 7.42. The van der Waals surface area contributed by atoms with Gasteiger partial charge in [-0.15, -0.1) is 0 Å². The van der Waals surface area contributed by atoms with E-state index < -0.39 is 26.8 Å². The molecule has 0 aromatic heterocycles. The molecule has 2 heterocycles. The smallest absolute Gasteiger partial charge is 0.243 e. The summed E-state index contributed by atoms with van der Waals surface area (Å²) in [5, 5.41) is 0. The topological polar surface area (TPSA) is 121 Å². The van der Waals surface area contributed by atoms with Gasteiger partial charge in [0.2, 0.25) is 26.8 Å². The molecule has 2 fully saturated rings. The number of piperazine rings is 1. The van der Waals surface area contributed by atoms with Crippen molar-refractivity contribution in [3.8, 4) is 0 Å². The van der Waals surface area contributed by atoms with Crippen LogP contribution in [0.1, 0.15) is 23.5 Å². The lowest BCUT2D eigenvalue weighted by Gasteiger charge is -2.40. The molecule has 2 aliphatic heterocycles. The fourth-order valence-corrected chi connectivity index (χ4v) is 6.83. The fourth-order valence-electron chi connectivity index (χ4n) is 4.72. The molecule has 0 saturated carbocycles. The molecule has 2 aromatic rings. The summed E-state index contributed by atoms with van der Waals surface area (Å²) in [4.78, 5) is 15.3. The highest BCUT2D eigenvalue weighted by atomic mass is 32.2. The summed E-state index contributed by atoms with van der Waals surface area (Å²) in [6, 6.07) is 16.2. The highest BCUT2D eigenvalue weighted by molar-refractivity contribution is 7.89. The van der Waals surface area contributed by atoms with Gasteiger partial charge in [-0.05, 0) is 35.6 Å². The maximum absolute atomic E-state index is 13.6. The molecule has 184 valence electrons. The van der Waals surface area contributed by atoms with E-state index in [0.29, 0.717) is 19.5 Å². The van der Waals surface area contributed by atoms with Gasteiger partial charge in [0.25, 0.3) is 0 Å². The number of hydrogen-bond donors (Lipinski definition) is 2. The van der Waals surface area contributed by atoms with E-state index in [4.69, 9.17) is 5.73 Å². The summed E-state index contributed by atoms with van der Waals surface area (Å²) in [7, 11) is -6.50. The first-order valence-electron chi connectivity index (χ1n) is 11.3. The molecule has 2 atom stereocenters. The average molecular weight is 507 g/mol. The number of sulfonamides is 1. The summed E-state index contributed by atoms with van der Waals surface area (Å²) >= 11 is 0. The lowest BCUT2D eigenvalue weighted by Crippen LogP contribution is -2.53. The molecule has 2 aromatic carbocycles. The van der Waals surface area contributed by atoms with Gasteiger partial charge in [-0.3, -0.25) is 4.79 Å². The van der Waals surface area contributed by atoms with Crippen LogP contribution in [-0.4, -0.2) is 75.5 Å². The van der Waals surface area contributed by atoms with Gasteiger partial charge in [-0.1, -0.05) is 42.5 Å². The van der Waals surface area contributed by atoms with Gasteiger partial charge < -0.3 is 10.6 Å². The Hall–Kier alpha value is -2.31. The molecule has 2 aliphatic rings. The number of hydrogen-bond acceptors (Lipinski definition) is 6. The Bertz CT molecular complexity index is 1190. The second-order valence-corrected chi connectivity index (χ2v) is 11.7. The van der Waals surface area contributed by atoms with Crippen LogP contribution in [0.3, 0.4) is 0 Å². The minimum absolute atomic E-state index is 0.0907. The second-order valence-electron chi connectivity index (χ2n) is 8.73.